The van der Waals surface area contributed by atoms with Gasteiger partial charge in [-0.25, -0.2) is 4.68 Å². The van der Waals surface area contributed by atoms with Crippen LogP contribution in [0.1, 0.15) is 44.2 Å². The smallest absolute Gasteiger partial charge is 0.239 e. The molecule has 0 radical (unpaired) electrons. The molecule has 144 valence electrons. The minimum atomic E-state index is 0.0311. The van der Waals surface area contributed by atoms with Gasteiger partial charge >= 0.3 is 0 Å². The maximum atomic E-state index is 12.8. The number of aromatic nitrogens is 2. The zero-order valence-corrected chi connectivity index (χ0v) is 16.3. The molecule has 1 saturated carbocycles. The zero-order chi connectivity index (χ0) is 18.8. The normalized spacial score (nSPS) is 21.1. The first-order valence-corrected chi connectivity index (χ1v) is 9.98. The van der Waals surface area contributed by atoms with Crippen LogP contribution in [0, 0.1) is 0 Å². The minimum absolute atomic E-state index is 0.0311. The molecule has 0 saturated heterocycles. The lowest BCUT2D eigenvalue weighted by molar-refractivity contribution is -0.117. The van der Waals surface area contributed by atoms with Gasteiger partial charge in [0.1, 0.15) is 5.82 Å². The predicted octanol–water partition coefficient (Wildman–Crippen LogP) is 3.28. The summed E-state index contributed by atoms with van der Waals surface area (Å²) in [6.45, 7) is 4.28. The van der Waals surface area contributed by atoms with E-state index in [9.17, 15) is 4.79 Å². The van der Waals surface area contributed by atoms with Gasteiger partial charge < -0.3 is 10.2 Å². The Morgan fingerprint density at radius 3 is 2.81 bits per heavy atom. The summed E-state index contributed by atoms with van der Waals surface area (Å²) >= 11 is 0. The fraction of sp³-hybridized carbons (Fsp3) is 0.524. The highest BCUT2D eigenvalue weighted by molar-refractivity contribution is 5.91. The van der Waals surface area contributed by atoms with Crippen LogP contribution in [-0.2, 0) is 11.3 Å². The van der Waals surface area contributed by atoms with E-state index in [0.29, 0.717) is 18.6 Å². The van der Waals surface area contributed by atoms with Crippen molar-refractivity contribution in [2.24, 2.45) is 0 Å². The molecule has 2 heterocycles. The van der Waals surface area contributed by atoms with E-state index in [-0.39, 0.29) is 5.91 Å². The Kier molecular flexibility index (Phi) is 5.16. The predicted molar refractivity (Wildman–Crippen MR) is 108 cm³/mol. The van der Waals surface area contributed by atoms with Crippen LogP contribution in [0.2, 0.25) is 0 Å². The molecule has 1 fully saturated rings. The maximum absolute atomic E-state index is 12.8. The second-order valence-electron chi connectivity index (χ2n) is 7.91. The first-order chi connectivity index (χ1) is 13.1. The van der Waals surface area contributed by atoms with Crippen molar-refractivity contribution in [3.05, 3.63) is 42.1 Å². The fourth-order valence-electron chi connectivity index (χ4n) is 4.43. The van der Waals surface area contributed by atoms with E-state index in [2.05, 4.69) is 58.5 Å². The number of hydrogen-bond donors (Lipinski definition) is 1. The van der Waals surface area contributed by atoms with E-state index in [1.54, 1.807) is 6.20 Å². The van der Waals surface area contributed by atoms with Crippen LogP contribution in [-0.4, -0.2) is 46.8 Å². The van der Waals surface area contributed by atoms with Gasteiger partial charge in [-0.05, 0) is 31.4 Å². The molecule has 6 heteroatoms. The van der Waals surface area contributed by atoms with Gasteiger partial charge in [0.2, 0.25) is 5.91 Å². The van der Waals surface area contributed by atoms with Crippen LogP contribution >= 0.6 is 0 Å². The molecule has 1 aromatic heterocycles. The molecule has 4 rings (SSSR count). The Morgan fingerprint density at radius 2 is 2.00 bits per heavy atom. The molecule has 1 aromatic carbocycles. The van der Waals surface area contributed by atoms with Gasteiger partial charge in [0.05, 0.1) is 18.8 Å². The van der Waals surface area contributed by atoms with Crippen molar-refractivity contribution >= 4 is 17.4 Å². The first kappa shape index (κ1) is 18.0. The first-order valence-electron chi connectivity index (χ1n) is 9.98. The van der Waals surface area contributed by atoms with Crippen LogP contribution in [0.5, 0.6) is 0 Å². The SMILES string of the molecule is CC1CN(C)c2ccccc2CN1CC(=O)Nc1ccnn1C1CCCC1. The molecule has 1 N–H and O–H groups in total. The Morgan fingerprint density at radius 1 is 1.22 bits per heavy atom. The third kappa shape index (κ3) is 3.86. The number of carbonyl (C=O) groups excluding carboxylic acids is 1. The third-order valence-corrected chi connectivity index (χ3v) is 5.89. The standard InChI is InChI=1S/C21H29N5O/c1-16-13-24(2)19-10-6-3-7-17(19)14-25(16)15-21(27)23-20-11-12-22-26(20)18-8-4-5-9-18/h3,6-7,10-12,16,18H,4-5,8-9,13-15H2,1-2H3,(H,23,27). The highest BCUT2D eigenvalue weighted by atomic mass is 16.2. The number of para-hydroxylation sites is 1. The van der Waals surface area contributed by atoms with Crippen molar-refractivity contribution < 1.29 is 4.79 Å². The lowest BCUT2D eigenvalue weighted by atomic mass is 10.1. The average molecular weight is 367 g/mol. The number of nitrogens with zero attached hydrogens (tertiary/aromatic N) is 4. The lowest BCUT2D eigenvalue weighted by Gasteiger charge is -2.27. The summed E-state index contributed by atoms with van der Waals surface area (Å²) in [5.74, 6) is 0.857. The minimum Gasteiger partial charge on any atom is -0.373 e. The fourth-order valence-corrected chi connectivity index (χ4v) is 4.43. The van der Waals surface area contributed by atoms with Crippen molar-refractivity contribution in [2.45, 2.75) is 51.2 Å². The highest BCUT2D eigenvalue weighted by Gasteiger charge is 2.26. The van der Waals surface area contributed by atoms with E-state index in [0.717, 1.165) is 31.7 Å². The van der Waals surface area contributed by atoms with Gasteiger partial charge in [0.25, 0.3) is 0 Å². The number of nitrogens with one attached hydrogen (secondary N) is 1. The van der Waals surface area contributed by atoms with E-state index >= 15 is 0 Å². The summed E-state index contributed by atoms with van der Waals surface area (Å²) in [6.07, 6.45) is 6.58. The number of fused-ring (bicyclic) bond motifs is 1. The maximum Gasteiger partial charge on any atom is 0.239 e. The van der Waals surface area contributed by atoms with Gasteiger partial charge in [-0.1, -0.05) is 31.0 Å². The van der Waals surface area contributed by atoms with E-state index in [1.807, 2.05) is 10.7 Å². The summed E-state index contributed by atoms with van der Waals surface area (Å²) in [5, 5.41) is 7.55. The van der Waals surface area contributed by atoms with Crippen molar-refractivity contribution in [1.82, 2.24) is 14.7 Å². The average Bonchev–Trinajstić information content (AvgIpc) is 3.30. The summed E-state index contributed by atoms with van der Waals surface area (Å²) in [6, 6.07) is 11.1. The molecule has 1 atom stereocenters. The van der Waals surface area contributed by atoms with Crippen LogP contribution < -0.4 is 10.2 Å². The zero-order valence-electron chi connectivity index (χ0n) is 16.3. The number of amides is 1. The largest absolute Gasteiger partial charge is 0.373 e. The summed E-state index contributed by atoms with van der Waals surface area (Å²) < 4.78 is 2.00. The molecular formula is C21H29N5O. The molecule has 0 spiro atoms. The summed E-state index contributed by atoms with van der Waals surface area (Å²) in [4.78, 5) is 17.3. The molecule has 0 bridgehead atoms. The number of carbonyl (C=O) groups is 1. The third-order valence-electron chi connectivity index (χ3n) is 5.89. The molecule has 1 amide bonds. The van der Waals surface area contributed by atoms with Gasteiger partial charge in [0, 0.05) is 37.9 Å². The van der Waals surface area contributed by atoms with Crippen molar-refractivity contribution in [3.8, 4) is 0 Å². The molecule has 1 aliphatic heterocycles. The van der Waals surface area contributed by atoms with Crippen LogP contribution in [0.15, 0.2) is 36.5 Å². The number of benzene rings is 1. The van der Waals surface area contributed by atoms with E-state index in [1.165, 1.54) is 24.1 Å². The van der Waals surface area contributed by atoms with Crippen molar-refractivity contribution in [3.63, 3.8) is 0 Å². The van der Waals surface area contributed by atoms with Gasteiger partial charge in [-0.3, -0.25) is 9.69 Å². The number of likely N-dealkylation sites (N-methyl/N-ethyl adjacent to an activating group) is 1. The van der Waals surface area contributed by atoms with Gasteiger partial charge in [-0.2, -0.15) is 5.10 Å². The number of rotatable bonds is 4. The Balaban J connectivity index is 1.44. The van der Waals surface area contributed by atoms with Crippen LogP contribution in [0.25, 0.3) is 0 Å². The van der Waals surface area contributed by atoms with Crippen LogP contribution in [0.3, 0.4) is 0 Å². The summed E-state index contributed by atoms with van der Waals surface area (Å²) in [7, 11) is 2.12. The Bertz CT molecular complexity index is 795. The van der Waals surface area contributed by atoms with E-state index in [4.69, 9.17) is 0 Å². The molecular weight excluding hydrogens is 338 g/mol. The number of hydrogen-bond acceptors (Lipinski definition) is 4. The summed E-state index contributed by atoms with van der Waals surface area (Å²) in [5.41, 5.74) is 2.53. The lowest BCUT2D eigenvalue weighted by Crippen LogP contribution is -2.42. The molecule has 2 aromatic rings. The molecule has 1 aliphatic carbocycles. The van der Waals surface area contributed by atoms with Crippen molar-refractivity contribution in [2.75, 3.05) is 30.4 Å². The van der Waals surface area contributed by atoms with Crippen molar-refractivity contribution in [1.29, 1.82) is 0 Å². The molecule has 1 unspecified atom stereocenters. The van der Waals surface area contributed by atoms with E-state index < -0.39 is 0 Å². The monoisotopic (exact) mass is 367 g/mol. The highest BCUT2D eigenvalue weighted by Crippen LogP contribution is 2.31. The topological polar surface area (TPSA) is 53.4 Å². The molecule has 27 heavy (non-hydrogen) atoms. The van der Waals surface area contributed by atoms with Crippen LogP contribution in [0.4, 0.5) is 11.5 Å². The second kappa shape index (κ2) is 7.72. The van der Waals surface area contributed by atoms with Gasteiger partial charge in [-0.15, -0.1) is 0 Å². The number of anilines is 2. The second-order valence-corrected chi connectivity index (χ2v) is 7.91. The molecule has 2 aliphatic rings. The Labute approximate surface area is 161 Å². The van der Waals surface area contributed by atoms with Gasteiger partial charge in [0.15, 0.2) is 0 Å². The quantitative estimate of drug-likeness (QED) is 0.901. The Hall–Kier alpha value is -2.34. The molecule has 6 nitrogen and oxygen atoms in total.